The summed E-state index contributed by atoms with van der Waals surface area (Å²) >= 11 is 0. The van der Waals surface area contributed by atoms with Gasteiger partial charge in [0, 0.05) is 13.1 Å². The van der Waals surface area contributed by atoms with Crippen molar-refractivity contribution in [2.24, 2.45) is 11.7 Å². The predicted molar refractivity (Wildman–Crippen MR) is 54.5 cm³/mol. The highest BCUT2D eigenvalue weighted by Crippen LogP contribution is 2.19. The Morgan fingerprint density at radius 1 is 1.54 bits per heavy atom. The molecule has 0 aliphatic carbocycles. The second-order valence-electron chi connectivity index (χ2n) is 3.97. The van der Waals surface area contributed by atoms with Crippen LogP contribution in [0.5, 0.6) is 0 Å². The average Bonchev–Trinajstić information content (AvgIpc) is 2.16. The molecule has 1 rings (SSSR count). The van der Waals surface area contributed by atoms with Crippen molar-refractivity contribution in [3.63, 3.8) is 0 Å². The van der Waals surface area contributed by atoms with Gasteiger partial charge in [0.1, 0.15) is 0 Å². The summed E-state index contributed by atoms with van der Waals surface area (Å²) in [5.74, 6) is 0.478. The molecular weight excluding hydrogens is 164 g/mol. The second-order valence-corrected chi connectivity index (χ2v) is 3.97. The number of aliphatic hydroxyl groups is 1. The minimum absolute atomic E-state index is 0.0703. The van der Waals surface area contributed by atoms with Gasteiger partial charge in [-0.25, -0.2) is 0 Å². The van der Waals surface area contributed by atoms with Gasteiger partial charge in [-0.2, -0.15) is 0 Å². The quantitative estimate of drug-likeness (QED) is 0.669. The molecule has 13 heavy (non-hydrogen) atoms. The summed E-state index contributed by atoms with van der Waals surface area (Å²) in [5.41, 5.74) is 5.46. The van der Waals surface area contributed by atoms with Crippen LogP contribution in [0.2, 0.25) is 0 Å². The number of hydrogen-bond acceptors (Lipinski definition) is 3. The summed E-state index contributed by atoms with van der Waals surface area (Å²) in [6, 6.07) is 0. The van der Waals surface area contributed by atoms with Gasteiger partial charge >= 0.3 is 0 Å². The van der Waals surface area contributed by atoms with E-state index in [0.29, 0.717) is 5.92 Å². The molecule has 2 atom stereocenters. The number of rotatable bonds is 4. The molecule has 0 aromatic carbocycles. The molecule has 1 heterocycles. The van der Waals surface area contributed by atoms with Gasteiger partial charge in [0.05, 0.1) is 6.10 Å². The monoisotopic (exact) mass is 186 g/mol. The Hall–Kier alpha value is -0.120. The Kier molecular flexibility index (Phi) is 4.70. The minimum atomic E-state index is -0.0703. The van der Waals surface area contributed by atoms with E-state index in [2.05, 4.69) is 11.8 Å². The van der Waals surface area contributed by atoms with E-state index in [1.54, 1.807) is 0 Å². The van der Waals surface area contributed by atoms with Crippen LogP contribution in [0.25, 0.3) is 0 Å². The Bertz CT molecular complexity index is 139. The lowest BCUT2D eigenvalue weighted by atomic mass is 9.92. The first-order valence-corrected chi connectivity index (χ1v) is 5.38. The molecule has 3 nitrogen and oxygen atoms in total. The van der Waals surface area contributed by atoms with E-state index in [4.69, 9.17) is 5.73 Å². The third-order valence-electron chi connectivity index (χ3n) is 2.98. The molecule has 3 heteroatoms. The maximum atomic E-state index is 9.66. The fourth-order valence-electron chi connectivity index (χ4n) is 2.01. The van der Waals surface area contributed by atoms with Crippen molar-refractivity contribution in [3.8, 4) is 0 Å². The van der Waals surface area contributed by atoms with E-state index >= 15 is 0 Å². The average molecular weight is 186 g/mol. The standard InChI is InChI=1S/C10H22N2O/c1-2-9-8-12(6-3-5-11)7-4-10(9)13/h9-10,13H,2-8,11H2,1H3/t9-,10+/m1/s1. The largest absolute Gasteiger partial charge is 0.393 e. The third-order valence-corrected chi connectivity index (χ3v) is 2.98. The van der Waals surface area contributed by atoms with Crippen LogP contribution in [0.15, 0.2) is 0 Å². The molecule has 0 unspecified atom stereocenters. The second kappa shape index (κ2) is 5.58. The zero-order chi connectivity index (χ0) is 9.68. The fraction of sp³-hybridized carbons (Fsp3) is 1.00. The highest BCUT2D eigenvalue weighted by Gasteiger charge is 2.25. The normalized spacial score (nSPS) is 30.7. The molecule has 78 valence electrons. The lowest BCUT2D eigenvalue weighted by Crippen LogP contribution is -2.43. The Balaban J connectivity index is 2.27. The summed E-state index contributed by atoms with van der Waals surface area (Å²) in [6.07, 6.45) is 3.02. The molecule has 3 N–H and O–H groups in total. The predicted octanol–water partition coefficient (Wildman–Crippen LogP) is 0.428. The number of nitrogens with two attached hydrogens (primary N) is 1. The Morgan fingerprint density at radius 2 is 2.31 bits per heavy atom. The molecule has 0 aromatic heterocycles. The van der Waals surface area contributed by atoms with E-state index in [9.17, 15) is 5.11 Å². The summed E-state index contributed by atoms with van der Waals surface area (Å²) < 4.78 is 0. The molecular formula is C10H22N2O. The molecule has 0 bridgehead atoms. The highest BCUT2D eigenvalue weighted by molar-refractivity contribution is 4.78. The number of hydrogen-bond donors (Lipinski definition) is 2. The van der Waals surface area contributed by atoms with Crippen LogP contribution < -0.4 is 5.73 Å². The van der Waals surface area contributed by atoms with Crippen LogP contribution in [0, 0.1) is 5.92 Å². The summed E-state index contributed by atoms with van der Waals surface area (Å²) in [5, 5.41) is 9.66. The maximum absolute atomic E-state index is 9.66. The fourth-order valence-corrected chi connectivity index (χ4v) is 2.01. The molecule has 0 spiro atoms. The van der Waals surface area contributed by atoms with Crippen LogP contribution in [0.4, 0.5) is 0 Å². The zero-order valence-electron chi connectivity index (χ0n) is 8.58. The molecule has 1 fully saturated rings. The van der Waals surface area contributed by atoms with E-state index in [0.717, 1.165) is 45.4 Å². The van der Waals surface area contributed by atoms with Crippen LogP contribution >= 0.6 is 0 Å². The first kappa shape index (κ1) is 11.0. The third kappa shape index (κ3) is 3.25. The molecule has 0 aromatic rings. The molecule has 0 amide bonds. The molecule has 0 radical (unpaired) electrons. The number of aliphatic hydroxyl groups excluding tert-OH is 1. The number of likely N-dealkylation sites (tertiary alicyclic amines) is 1. The first-order valence-electron chi connectivity index (χ1n) is 5.38. The smallest absolute Gasteiger partial charge is 0.0592 e. The van der Waals surface area contributed by atoms with Crippen molar-refractivity contribution < 1.29 is 5.11 Å². The van der Waals surface area contributed by atoms with Gasteiger partial charge in [-0.05, 0) is 38.3 Å². The van der Waals surface area contributed by atoms with Crippen molar-refractivity contribution in [2.75, 3.05) is 26.2 Å². The van der Waals surface area contributed by atoms with Gasteiger partial charge in [-0.3, -0.25) is 0 Å². The summed E-state index contributed by atoms with van der Waals surface area (Å²) in [4.78, 5) is 2.42. The van der Waals surface area contributed by atoms with Crippen LogP contribution in [-0.4, -0.2) is 42.3 Å². The van der Waals surface area contributed by atoms with E-state index in [1.807, 2.05) is 0 Å². The Labute approximate surface area is 80.9 Å². The van der Waals surface area contributed by atoms with E-state index in [1.165, 1.54) is 0 Å². The maximum Gasteiger partial charge on any atom is 0.0592 e. The minimum Gasteiger partial charge on any atom is -0.393 e. The molecule has 1 aliphatic heterocycles. The van der Waals surface area contributed by atoms with Crippen LogP contribution in [0.1, 0.15) is 26.2 Å². The topological polar surface area (TPSA) is 49.5 Å². The first-order chi connectivity index (χ1) is 6.27. The van der Waals surface area contributed by atoms with Crippen molar-refractivity contribution in [1.82, 2.24) is 4.90 Å². The van der Waals surface area contributed by atoms with Crippen LogP contribution in [0.3, 0.4) is 0 Å². The van der Waals surface area contributed by atoms with Crippen LogP contribution in [-0.2, 0) is 0 Å². The molecule has 1 aliphatic rings. The van der Waals surface area contributed by atoms with Gasteiger partial charge in [0.25, 0.3) is 0 Å². The highest BCUT2D eigenvalue weighted by atomic mass is 16.3. The van der Waals surface area contributed by atoms with E-state index < -0.39 is 0 Å². The zero-order valence-corrected chi connectivity index (χ0v) is 8.58. The number of piperidine rings is 1. The molecule has 1 saturated heterocycles. The van der Waals surface area contributed by atoms with Crippen molar-refractivity contribution in [2.45, 2.75) is 32.3 Å². The lowest BCUT2D eigenvalue weighted by Gasteiger charge is -2.35. The molecule has 0 saturated carbocycles. The summed E-state index contributed by atoms with van der Waals surface area (Å²) in [6.45, 7) is 6.12. The van der Waals surface area contributed by atoms with Crippen molar-refractivity contribution >= 4 is 0 Å². The van der Waals surface area contributed by atoms with Gasteiger partial charge < -0.3 is 15.7 Å². The van der Waals surface area contributed by atoms with E-state index in [-0.39, 0.29) is 6.10 Å². The Morgan fingerprint density at radius 3 is 2.92 bits per heavy atom. The number of nitrogens with zero attached hydrogens (tertiary/aromatic N) is 1. The van der Waals surface area contributed by atoms with Gasteiger partial charge in [-0.1, -0.05) is 6.92 Å². The SMILES string of the molecule is CC[C@@H]1CN(CCCN)CC[C@@H]1O. The summed E-state index contributed by atoms with van der Waals surface area (Å²) in [7, 11) is 0. The lowest BCUT2D eigenvalue weighted by molar-refractivity contribution is 0.0251. The van der Waals surface area contributed by atoms with Gasteiger partial charge in [-0.15, -0.1) is 0 Å². The van der Waals surface area contributed by atoms with Gasteiger partial charge in [0.15, 0.2) is 0 Å². The van der Waals surface area contributed by atoms with Gasteiger partial charge in [0.2, 0.25) is 0 Å². The van der Waals surface area contributed by atoms with Crippen molar-refractivity contribution in [1.29, 1.82) is 0 Å². The van der Waals surface area contributed by atoms with Crippen molar-refractivity contribution in [3.05, 3.63) is 0 Å².